The summed E-state index contributed by atoms with van der Waals surface area (Å²) in [5.74, 6) is -0.429. The van der Waals surface area contributed by atoms with Crippen LogP contribution in [0.25, 0.3) is 5.65 Å². The van der Waals surface area contributed by atoms with Gasteiger partial charge in [-0.3, -0.25) is 4.79 Å². The second-order valence-electron chi connectivity index (χ2n) is 6.51. The molecule has 0 atom stereocenters. The van der Waals surface area contributed by atoms with Gasteiger partial charge >= 0.3 is 5.97 Å². The fourth-order valence-corrected chi connectivity index (χ4v) is 6.26. The van der Waals surface area contributed by atoms with Crippen LogP contribution in [0.1, 0.15) is 23.4 Å². The summed E-state index contributed by atoms with van der Waals surface area (Å²) in [6.45, 7) is 1.16. The average molecular weight is 440 g/mol. The fraction of sp³-hybridized carbons (Fsp3) is 0.333. The van der Waals surface area contributed by atoms with E-state index < -0.39 is 16.0 Å². The van der Waals surface area contributed by atoms with Crippen molar-refractivity contribution in [2.75, 3.05) is 13.1 Å². The Balaban J connectivity index is 1.36. The van der Waals surface area contributed by atoms with E-state index in [1.165, 1.54) is 4.31 Å². The molecule has 0 radical (unpaired) electrons. The molecule has 3 aromatic rings. The van der Waals surface area contributed by atoms with Crippen molar-refractivity contribution in [2.24, 2.45) is 0 Å². The molecule has 148 valence electrons. The van der Waals surface area contributed by atoms with Gasteiger partial charge in [-0.05, 0) is 37.1 Å². The second kappa shape index (κ2) is 7.82. The number of carbonyl (C=O) groups is 1. The van der Waals surface area contributed by atoms with Gasteiger partial charge in [0.25, 0.3) is 10.0 Å². The van der Waals surface area contributed by atoms with E-state index in [4.69, 9.17) is 16.3 Å². The van der Waals surface area contributed by atoms with Crippen LogP contribution in [0, 0.1) is 0 Å². The number of esters is 1. The zero-order valence-electron chi connectivity index (χ0n) is 14.9. The minimum atomic E-state index is -3.45. The maximum absolute atomic E-state index is 12.6. The lowest BCUT2D eigenvalue weighted by molar-refractivity contribution is -0.144. The van der Waals surface area contributed by atoms with Crippen molar-refractivity contribution in [2.45, 2.75) is 30.1 Å². The molecule has 3 aromatic heterocycles. The first-order valence-corrected chi connectivity index (χ1v) is 11.4. The van der Waals surface area contributed by atoms with Crippen LogP contribution in [-0.4, -0.2) is 41.2 Å². The van der Waals surface area contributed by atoms with Gasteiger partial charge in [-0.25, -0.2) is 13.4 Å². The van der Waals surface area contributed by atoms with Crippen LogP contribution < -0.4 is 0 Å². The minimum Gasteiger partial charge on any atom is -0.459 e. The summed E-state index contributed by atoms with van der Waals surface area (Å²) < 4.78 is 33.9. The first kappa shape index (κ1) is 19.4. The third kappa shape index (κ3) is 4.07. The number of hydrogen-bond donors (Lipinski definition) is 0. The molecule has 0 amide bonds. The van der Waals surface area contributed by atoms with E-state index in [1.807, 2.05) is 0 Å². The Kier molecular flexibility index (Phi) is 5.42. The lowest BCUT2D eigenvalue weighted by atomic mass is 10.3. The van der Waals surface area contributed by atoms with Crippen LogP contribution >= 0.6 is 22.9 Å². The van der Waals surface area contributed by atoms with E-state index in [2.05, 4.69) is 4.98 Å². The summed E-state index contributed by atoms with van der Waals surface area (Å²) >= 11 is 7.06. The normalized spacial score (nSPS) is 15.3. The number of sulfonamides is 1. The average Bonchev–Trinajstić information content (AvgIpc) is 3.40. The first-order valence-electron chi connectivity index (χ1n) is 8.79. The number of aromatic nitrogens is 2. The van der Waals surface area contributed by atoms with E-state index in [1.54, 1.807) is 41.1 Å². The highest BCUT2D eigenvalue weighted by molar-refractivity contribution is 7.91. The number of pyridine rings is 1. The van der Waals surface area contributed by atoms with Gasteiger partial charge < -0.3 is 9.14 Å². The number of fused-ring (bicyclic) bond motifs is 1. The number of halogens is 1. The van der Waals surface area contributed by atoms with Gasteiger partial charge in [0.15, 0.2) is 0 Å². The predicted octanol–water partition coefficient (Wildman–Crippen LogP) is 3.12. The molecule has 10 heteroatoms. The van der Waals surface area contributed by atoms with Gasteiger partial charge in [-0.2, -0.15) is 4.31 Å². The molecule has 4 heterocycles. The zero-order valence-corrected chi connectivity index (χ0v) is 17.3. The first-order chi connectivity index (χ1) is 13.4. The van der Waals surface area contributed by atoms with Gasteiger partial charge in [-0.15, -0.1) is 11.3 Å². The van der Waals surface area contributed by atoms with Crippen molar-refractivity contribution in [3.8, 4) is 0 Å². The molecule has 1 aliphatic heterocycles. The van der Waals surface area contributed by atoms with E-state index in [0.717, 1.165) is 24.2 Å². The summed E-state index contributed by atoms with van der Waals surface area (Å²) in [5.41, 5.74) is 1.32. The number of ether oxygens (including phenoxy) is 1. The summed E-state index contributed by atoms with van der Waals surface area (Å²) in [6, 6.07) is 6.75. The lowest BCUT2D eigenvalue weighted by Gasteiger charge is -2.13. The molecule has 4 rings (SSSR count). The molecule has 1 saturated heterocycles. The highest BCUT2D eigenvalue weighted by atomic mass is 35.5. The van der Waals surface area contributed by atoms with Crippen molar-refractivity contribution in [1.82, 2.24) is 13.7 Å². The number of rotatable bonds is 6. The molecule has 0 spiro atoms. The molecular weight excluding hydrogens is 422 g/mol. The van der Waals surface area contributed by atoms with Gasteiger partial charge in [0.2, 0.25) is 0 Å². The topological polar surface area (TPSA) is 81.0 Å². The van der Waals surface area contributed by atoms with Gasteiger partial charge in [0, 0.05) is 30.4 Å². The third-order valence-corrected chi connectivity index (χ3v) is 8.14. The highest BCUT2D eigenvalue weighted by Crippen LogP contribution is 2.27. The summed E-state index contributed by atoms with van der Waals surface area (Å²) in [6.07, 6.45) is 5.28. The predicted molar refractivity (Wildman–Crippen MR) is 106 cm³/mol. The minimum absolute atomic E-state index is 0.0272. The highest BCUT2D eigenvalue weighted by Gasteiger charge is 2.28. The Morgan fingerprint density at radius 1 is 1.18 bits per heavy atom. The van der Waals surface area contributed by atoms with Crippen molar-refractivity contribution in [3.05, 3.63) is 52.3 Å². The lowest BCUT2D eigenvalue weighted by Crippen LogP contribution is -2.27. The van der Waals surface area contributed by atoms with Crippen LogP contribution in [-0.2, 0) is 32.6 Å². The number of hydrogen-bond acceptors (Lipinski definition) is 6. The van der Waals surface area contributed by atoms with Crippen molar-refractivity contribution >= 4 is 44.6 Å². The molecule has 1 fully saturated rings. The van der Waals surface area contributed by atoms with Crippen molar-refractivity contribution in [1.29, 1.82) is 0 Å². The molecule has 28 heavy (non-hydrogen) atoms. The van der Waals surface area contributed by atoms with Crippen molar-refractivity contribution in [3.63, 3.8) is 0 Å². The van der Waals surface area contributed by atoms with Crippen LogP contribution in [0.4, 0.5) is 0 Å². The molecule has 7 nitrogen and oxygen atoms in total. The quantitative estimate of drug-likeness (QED) is 0.551. The van der Waals surface area contributed by atoms with Crippen LogP contribution in [0.3, 0.4) is 0 Å². The number of imidazole rings is 1. The smallest absolute Gasteiger partial charge is 0.311 e. The van der Waals surface area contributed by atoms with Crippen LogP contribution in [0.15, 0.2) is 40.9 Å². The SMILES string of the molecule is O=C(Cc1ccc(S(=O)(=O)N2CCCC2)s1)OCc1cn2cc(Cl)ccc2n1. The Hall–Kier alpha value is -1.94. The van der Waals surface area contributed by atoms with Crippen molar-refractivity contribution < 1.29 is 17.9 Å². The molecule has 0 aliphatic carbocycles. The Labute approximate surface area is 171 Å². The third-order valence-electron chi connectivity index (χ3n) is 4.46. The van der Waals surface area contributed by atoms with E-state index in [0.29, 0.717) is 34.3 Å². The molecular formula is C18H18ClN3O4S2. The van der Waals surface area contributed by atoms with E-state index in [-0.39, 0.29) is 17.2 Å². The Morgan fingerprint density at radius 3 is 2.75 bits per heavy atom. The molecule has 0 N–H and O–H groups in total. The number of thiophene rings is 1. The summed E-state index contributed by atoms with van der Waals surface area (Å²) in [7, 11) is -3.45. The van der Waals surface area contributed by atoms with E-state index in [9.17, 15) is 13.2 Å². The molecule has 0 unspecified atom stereocenters. The van der Waals surface area contributed by atoms with Gasteiger partial charge in [0.1, 0.15) is 16.5 Å². The zero-order chi connectivity index (χ0) is 19.7. The van der Waals surface area contributed by atoms with Gasteiger partial charge in [0.05, 0.1) is 17.1 Å². The Bertz CT molecular complexity index is 1120. The second-order valence-corrected chi connectivity index (χ2v) is 10.3. The maximum Gasteiger partial charge on any atom is 0.311 e. The molecule has 1 aliphatic rings. The standard InChI is InChI=1S/C18H18ClN3O4S2/c19-13-3-5-16-20-14(11-21(16)10-13)12-26-17(23)9-15-4-6-18(27-15)28(24,25)22-7-1-2-8-22/h3-6,10-11H,1-2,7-9,12H2. The summed E-state index contributed by atoms with van der Waals surface area (Å²) in [5, 5.41) is 0.589. The summed E-state index contributed by atoms with van der Waals surface area (Å²) in [4.78, 5) is 17.2. The Morgan fingerprint density at radius 2 is 1.96 bits per heavy atom. The fourth-order valence-electron chi connectivity index (χ4n) is 3.08. The largest absolute Gasteiger partial charge is 0.459 e. The molecule has 0 saturated carbocycles. The monoisotopic (exact) mass is 439 g/mol. The number of nitrogens with zero attached hydrogens (tertiary/aromatic N) is 3. The van der Waals surface area contributed by atoms with Crippen LogP contribution in [0.5, 0.6) is 0 Å². The maximum atomic E-state index is 12.6. The molecule has 0 aromatic carbocycles. The van der Waals surface area contributed by atoms with Crippen LogP contribution in [0.2, 0.25) is 5.02 Å². The van der Waals surface area contributed by atoms with E-state index >= 15 is 0 Å². The molecule has 0 bridgehead atoms. The number of carbonyl (C=O) groups excluding carboxylic acids is 1. The van der Waals surface area contributed by atoms with Gasteiger partial charge in [-0.1, -0.05) is 11.6 Å².